The molecule has 4 heteroatoms. The number of benzene rings is 1. The van der Waals surface area contributed by atoms with E-state index in [-0.39, 0.29) is 6.54 Å². The fourth-order valence-corrected chi connectivity index (χ4v) is 1.06. The van der Waals surface area contributed by atoms with Gasteiger partial charge >= 0.3 is 6.09 Å². The second-order valence-electron chi connectivity index (χ2n) is 5.17. The van der Waals surface area contributed by atoms with Crippen molar-refractivity contribution in [2.24, 2.45) is 0 Å². The molecule has 0 saturated heterocycles. The first-order valence-corrected chi connectivity index (χ1v) is 7.11. The normalized spacial score (nSPS) is 9.05. The van der Waals surface area contributed by atoms with E-state index in [2.05, 4.69) is 43.4 Å². The number of amides is 1. The van der Waals surface area contributed by atoms with Crippen molar-refractivity contribution < 1.29 is 9.53 Å². The molecule has 0 fully saturated rings. The first kappa shape index (κ1) is 21.3. The lowest BCUT2D eigenvalue weighted by Crippen LogP contribution is -2.32. The zero-order valence-electron chi connectivity index (χ0n) is 14.3. The number of hydrogen-bond donors (Lipinski definition) is 1. The van der Waals surface area contributed by atoms with Crippen molar-refractivity contribution in [1.29, 1.82) is 5.26 Å². The Balaban J connectivity index is 0. The molecule has 0 spiro atoms. The van der Waals surface area contributed by atoms with E-state index in [0.717, 1.165) is 0 Å². The van der Waals surface area contributed by atoms with Gasteiger partial charge in [-0.3, -0.25) is 0 Å². The minimum atomic E-state index is -0.556. The highest BCUT2D eigenvalue weighted by atomic mass is 16.6. The minimum absolute atomic E-state index is 0.0189. The van der Waals surface area contributed by atoms with Crippen LogP contribution in [0.15, 0.2) is 24.3 Å². The standard InChI is InChI=1S/C8H10.C7H12N2O2.C2H6/c1-7-3-5-8(2)6-4-7;1-7(2,3)11-6(10)9-5-4-8;1-2/h3-6H,1-2H3;5H2,1-3H3,(H,9,10);1-2H3. The molecule has 1 rings (SSSR count). The third-order valence-electron chi connectivity index (χ3n) is 1.93. The molecular weight excluding hydrogens is 264 g/mol. The summed E-state index contributed by atoms with van der Waals surface area (Å²) in [5, 5.41) is 10.4. The Morgan fingerprint density at radius 1 is 1.14 bits per heavy atom. The molecule has 0 radical (unpaired) electrons. The predicted octanol–water partition coefficient (Wildman–Crippen LogP) is 4.36. The Morgan fingerprint density at radius 3 is 1.81 bits per heavy atom. The molecular formula is C17H28N2O2. The van der Waals surface area contributed by atoms with Crippen LogP contribution in [0.4, 0.5) is 4.79 Å². The number of nitriles is 1. The van der Waals surface area contributed by atoms with Crippen LogP contribution >= 0.6 is 0 Å². The molecule has 0 heterocycles. The number of carbonyl (C=O) groups excluding carboxylic acids is 1. The zero-order chi connectivity index (χ0) is 16.9. The highest BCUT2D eigenvalue weighted by Crippen LogP contribution is 2.05. The van der Waals surface area contributed by atoms with Gasteiger partial charge in [-0.1, -0.05) is 49.2 Å². The van der Waals surface area contributed by atoms with E-state index in [1.807, 2.05) is 13.8 Å². The van der Waals surface area contributed by atoms with Crippen LogP contribution in [-0.4, -0.2) is 18.2 Å². The summed E-state index contributed by atoms with van der Waals surface area (Å²) >= 11 is 0. The monoisotopic (exact) mass is 292 g/mol. The van der Waals surface area contributed by atoms with Gasteiger partial charge in [0.2, 0.25) is 0 Å². The van der Waals surface area contributed by atoms with Crippen LogP contribution in [0.2, 0.25) is 0 Å². The van der Waals surface area contributed by atoms with Crippen molar-refractivity contribution in [2.75, 3.05) is 6.54 Å². The molecule has 1 aromatic rings. The van der Waals surface area contributed by atoms with E-state index in [0.29, 0.717) is 0 Å². The van der Waals surface area contributed by atoms with Gasteiger partial charge in [0.15, 0.2) is 0 Å². The Hall–Kier alpha value is -2.02. The second kappa shape index (κ2) is 11.8. The number of alkyl carbamates (subject to hydrolysis) is 1. The van der Waals surface area contributed by atoms with Crippen LogP contribution in [0.3, 0.4) is 0 Å². The predicted molar refractivity (Wildman–Crippen MR) is 87.1 cm³/mol. The van der Waals surface area contributed by atoms with Gasteiger partial charge in [-0.05, 0) is 34.6 Å². The van der Waals surface area contributed by atoms with E-state index in [1.165, 1.54) is 11.1 Å². The van der Waals surface area contributed by atoms with Crippen molar-refractivity contribution in [2.45, 2.75) is 54.1 Å². The molecule has 0 aromatic heterocycles. The Kier molecular flexibility index (Phi) is 11.9. The Morgan fingerprint density at radius 2 is 1.52 bits per heavy atom. The lowest BCUT2D eigenvalue weighted by atomic mass is 10.2. The fraction of sp³-hybridized carbons (Fsp3) is 0.529. The summed E-state index contributed by atoms with van der Waals surface area (Å²) in [6.07, 6.45) is -0.556. The third kappa shape index (κ3) is 15.9. The molecule has 1 N–H and O–H groups in total. The first-order valence-electron chi connectivity index (χ1n) is 7.11. The highest BCUT2D eigenvalue weighted by molar-refractivity contribution is 5.67. The third-order valence-corrected chi connectivity index (χ3v) is 1.93. The van der Waals surface area contributed by atoms with Crippen LogP contribution in [0, 0.1) is 25.2 Å². The van der Waals surface area contributed by atoms with Gasteiger partial charge in [-0.2, -0.15) is 5.26 Å². The van der Waals surface area contributed by atoms with Gasteiger partial charge in [0.1, 0.15) is 12.1 Å². The number of hydrogen-bond acceptors (Lipinski definition) is 3. The average Bonchev–Trinajstić information content (AvgIpc) is 2.41. The maximum atomic E-state index is 10.7. The molecule has 0 aliphatic heterocycles. The minimum Gasteiger partial charge on any atom is -0.444 e. The summed E-state index contributed by atoms with van der Waals surface area (Å²) in [4.78, 5) is 10.7. The summed E-state index contributed by atoms with van der Waals surface area (Å²) in [6.45, 7) is 13.5. The van der Waals surface area contributed by atoms with Crippen molar-refractivity contribution in [1.82, 2.24) is 5.32 Å². The van der Waals surface area contributed by atoms with E-state index < -0.39 is 11.7 Å². The summed E-state index contributed by atoms with van der Waals surface area (Å²) in [7, 11) is 0. The van der Waals surface area contributed by atoms with Gasteiger partial charge in [0.05, 0.1) is 6.07 Å². The molecule has 1 amide bonds. The van der Waals surface area contributed by atoms with Crippen LogP contribution in [0.5, 0.6) is 0 Å². The number of nitrogens with zero attached hydrogens (tertiary/aromatic N) is 1. The summed E-state index contributed by atoms with van der Waals surface area (Å²) in [6, 6.07) is 10.3. The van der Waals surface area contributed by atoms with Crippen molar-refractivity contribution in [3.63, 3.8) is 0 Å². The molecule has 0 unspecified atom stereocenters. The first-order chi connectivity index (χ1) is 9.74. The van der Waals surface area contributed by atoms with E-state index in [1.54, 1.807) is 26.8 Å². The Labute approximate surface area is 129 Å². The molecule has 21 heavy (non-hydrogen) atoms. The van der Waals surface area contributed by atoms with Crippen molar-refractivity contribution in [3.8, 4) is 6.07 Å². The number of aryl methyl sites for hydroxylation is 2. The Bertz CT molecular complexity index is 405. The second-order valence-corrected chi connectivity index (χ2v) is 5.17. The number of rotatable bonds is 1. The average molecular weight is 292 g/mol. The topological polar surface area (TPSA) is 62.1 Å². The van der Waals surface area contributed by atoms with E-state index >= 15 is 0 Å². The van der Waals surface area contributed by atoms with Gasteiger partial charge in [-0.15, -0.1) is 0 Å². The molecule has 0 aliphatic carbocycles. The molecule has 0 atom stereocenters. The lowest BCUT2D eigenvalue weighted by molar-refractivity contribution is 0.0535. The molecule has 4 nitrogen and oxygen atoms in total. The van der Waals surface area contributed by atoms with Gasteiger partial charge in [-0.25, -0.2) is 4.79 Å². The van der Waals surface area contributed by atoms with Gasteiger partial charge in [0.25, 0.3) is 0 Å². The lowest BCUT2D eigenvalue weighted by Gasteiger charge is -2.18. The van der Waals surface area contributed by atoms with E-state index in [4.69, 9.17) is 10.00 Å². The van der Waals surface area contributed by atoms with Crippen LogP contribution in [0.25, 0.3) is 0 Å². The summed E-state index contributed by atoms with van der Waals surface area (Å²) in [5.74, 6) is 0. The largest absolute Gasteiger partial charge is 0.444 e. The maximum absolute atomic E-state index is 10.7. The van der Waals surface area contributed by atoms with Crippen LogP contribution in [-0.2, 0) is 4.74 Å². The van der Waals surface area contributed by atoms with Crippen molar-refractivity contribution >= 4 is 6.09 Å². The SMILES string of the molecule is CC.CC(C)(C)OC(=O)NCC#N.Cc1ccc(C)cc1. The summed E-state index contributed by atoms with van der Waals surface area (Å²) in [5.41, 5.74) is 2.16. The summed E-state index contributed by atoms with van der Waals surface area (Å²) < 4.78 is 4.84. The van der Waals surface area contributed by atoms with Crippen LogP contribution < -0.4 is 5.32 Å². The number of carbonyl (C=O) groups is 1. The molecule has 0 bridgehead atoms. The fourth-order valence-electron chi connectivity index (χ4n) is 1.06. The van der Waals surface area contributed by atoms with Crippen molar-refractivity contribution in [3.05, 3.63) is 35.4 Å². The molecule has 1 aromatic carbocycles. The number of nitrogens with one attached hydrogen (secondary N) is 1. The number of ether oxygens (including phenoxy) is 1. The van der Waals surface area contributed by atoms with Gasteiger partial charge in [0, 0.05) is 0 Å². The maximum Gasteiger partial charge on any atom is 0.408 e. The highest BCUT2D eigenvalue weighted by Gasteiger charge is 2.14. The molecule has 0 saturated carbocycles. The van der Waals surface area contributed by atoms with E-state index in [9.17, 15) is 4.79 Å². The smallest absolute Gasteiger partial charge is 0.408 e. The van der Waals surface area contributed by atoms with Gasteiger partial charge < -0.3 is 10.1 Å². The van der Waals surface area contributed by atoms with Crippen LogP contribution in [0.1, 0.15) is 45.7 Å². The quantitative estimate of drug-likeness (QED) is 0.782. The zero-order valence-corrected chi connectivity index (χ0v) is 14.3. The molecule has 0 aliphatic rings. The molecule has 118 valence electrons.